The molecule has 0 spiro atoms. The molecule has 4 N–H and O–H groups in total. The van der Waals surface area contributed by atoms with Gasteiger partial charge in [-0.3, -0.25) is 15.7 Å². The van der Waals surface area contributed by atoms with Gasteiger partial charge in [0.15, 0.2) is 0 Å². The van der Waals surface area contributed by atoms with E-state index in [4.69, 9.17) is 22.8 Å². The summed E-state index contributed by atoms with van der Waals surface area (Å²) in [7, 11) is 0. The van der Waals surface area contributed by atoms with Gasteiger partial charge in [-0.1, -0.05) is 13.8 Å². The maximum Gasteiger partial charge on any atom is 0.135 e. The van der Waals surface area contributed by atoms with Crippen molar-refractivity contribution in [1.29, 1.82) is 0 Å². The molecule has 0 aromatic rings. The second-order valence-electron chi connectivity index (χ2n) is 1.81. The van der Waals surface area contributed by atoms with Crippen LogP contribution >= 0.6 is 6.49 Å². The van der Waals surface area contributed by atoms with Gasteiger partial charge in [-0.15, -0.1) is 0 Å². The van der Waals surface area contributed by atoms with Crippen molar-refractivity contribution < 1.29 is 0 Å². The lowest BCUT2D eigenvalue weighted by atomic mass is 10.7. The van der Waals surface area contributed by atoms with Crippen LogP contribution in [0.5, 0.6) is 0 Å². The van der Waals surface area contributed by atoms with Crippen LogP contribution in [0.15, 0.2) is 0 Å². The first-order chi connectivity index (χ1) is 4.02. The number of hydrogen-bond donors (Lipinski definition) is 2. The number of nitrogens with zero attached hydrogens (tertiary/aromatic N) is 1. The summed E-state index contributed by atoms with van der Waals surface area (Å²) in [4.78, 5) is 0. The van der Waals surface area contributed by atoms with Crippen LogP contribution in [-0.2, 0) is 11.8 Å². The van der Waals surface area contributed by atoms with E-state index in [1.807, 2.05) is 18.5 Å². The highest BCUT2D eigenvalue weighted by Gasteiger charge is 2.10. The highest BCUT2D eigenvalue weighted by Crippen LogP contribution is 2.30. The maximum atomic E-state index is 5.53. The topological polar surface area (TPSA) is 55.3 Å². The van der Waals surface area contributed by atoms with E-state index >= 15 is 0 Å². The first-order valence-electron chi connectivity index (χ1n) is 2.95. The van der Waals surface area contributed by atoms with Crippen LogP contribution in [0.25, 0.3) is 0 Å². The monoisotopic (exact) mass is 167 g/mol. The Labute approximate surface area is 61.6 Å². The summed E-state index contributed by atoms with van der Waals surface area (Å²) in [6, 6.07) is 0. The number of hydrogen-bond acceptors (Lipinski definition) is 1. The van der Waals surface area contributed by atoms with Gasteiger partial charge in [0.2, 0.25) is 0 Å². The molecule has 0 aliphatic rings. The fourth-order valence-electron chi connectivity index (χ4n) is 0.666. The van der Waals surface area contributed by atoms with Crippen LogP contribution in [0.2, 0.25) is 0 Å². The van der Waals surface area contributed by atoms with Crippen molar-refractivity contribution in [1.82, 2.24) is 4.67 Å². The summed E-state index contributed by atoms with van der Waals surface area (Å²) < 4.78 is 1.92. The van der Waals surface area contributed by atoms with Crippen LogP contribution in [0.4, 0.5) is 0 Å². The molecule has 0 rings (SSSR count). The fourth-order valence-corrected chi connectivity index (χ4v) is 2.24. The van der Waals surface area contributed by atoms with Gasteiger partial charge in [0, 0.05) is 13.1 Å². The van der Waals surface area contributed by atoms with Crippen LogP contribution in [-0.4, -0.2) is 17.8 Å². The minimum atomic E-state index is -2.11. The molecule has 0 heterocycles. The van der Waals surface area contributed by atoms with Gasteiger partial charge in [0.1, 0.15) is 6.49 Å². The van der Waals surface area contributed by atoms with Gasteiger partial charge in [0.05, 0.1) is 0 Å². The SMILES string of the molecule is CCN(CC)P(N)(N)=S. The average molecular weight is 167 g/mol. The highest BCUT2D eigenvalue weighted by molar-refractivity contribution is 8.11. The minimum absolute atomic E-state index is 0.848. The summed E-state index contributed by atoms with van der Waals surface area (Å²) in [6.07, 6.45) is 0. The van der Waals surface area contributed by atoms with E-state index in [0.29, 0.717) is 0 Å². The molecule has 0 fully saturated rings. The Bertz CT molecular complexity index is 117. The molecular weight excluding hydrogens is 153 g/mol. The second-order valence-corrected chi connectivity index (χ2v) is 5.48. The second kappa shape index (κ2) is 3.64. The first kappa shape index (κ1) is 9.53. The highest BCUT2D eigenvalue weighted by atomic mass is 32.4. The zero-order valence-corrected chi connectivity index (χ0v) is 7.58. The largest absolute Gasteiger partial charge is 0.279 e. The first-order valence-corrected chi connectivity index (χ1v) is 5.84. The normalized spacial score (nSPS) is 12.6. The Morgan fingerprint density at radius 1 is 1.33 bits per heavy atom. The lowest BCUT2D eigenvalue weighted by Gasteiger charge is -2.25. The maximum absolute atomic E-state index is 5.53. The summed E-state index contributed by atoms with van der Waals surface area (Å²) >= 11 is 4.90. The third-order valence-corrected chi connectivity index (χ3v) is 3.31. The molecule has 0 saturated heterocycles. The van der Waals surface area contributed by atoms with Gasteiger partial charge < -0.3 is 0 Å². The van der Waals surface area contributed by atoms with Gasteiger partial charge in [-0.05, 0) is 11.8 Å². The average Bonchev–Trinajstić information content (AvgIpc) is 1.65. The molecule has 3 nitrogen and oxygen atoms in total. The molecule has 0 aliphatic carbocycles. The Balaban J connectivity index is 3.96. The fraction of sp³-hybridized carbons (Fsp3) is 1.00. The third-order valence-electron chi connectivity index (χ3n) is 1.17. The van der Waals surface area contributed by atoms with Crippen LogP contribution in [0.3, 0.4) is 0 Å². The zero-order chi connectivity index (χ0) is 7.49. The van der Waals surface area contributed by atoms with Gasteiger partial charge >= 0.3 is 0 Å². The zero-order valence-electron chi connectivity index (χ0n) is 5.87. The van der Waals surface area contributed by atoms with Crippen LogP contribution in [0.1, 0.15) is 13.8 Å². The molecule has 0 aromatic heterocycles. The molecule has 56 valence electrons. The number of rotatable bonds is 3. The Morgan fingerprint density at radius 3 is 1.67 bits per heavy atom. The molecule has 0 saturated carbocycles. The number of nitrogens with two attached hydrogens (primary N) is 2. The van der Waals surface area contributed by atoms with E-state index in [1.165, 1.54) is 0 Å². The molecular formula is C4H14N3PS. The molecule has 9 heavy (non-hydrogen) atoms. The van der Waals surface area contributed by atoms with Crippen molar-refractivity contribution in [2.24, 2.45) is 11.0 Å². The predicted molar refractivity (Wildman–Crippen MR) is 45.6 cm³/mol. The Hall–Kier alpha value is 0.530. The van der Waals surface area contributed by atoms with E-state index in [2.05, 4.69) is 0 Å². The van der Waals surface area contributed by atoms with Crippen molar-refractivity contribution >= 4 is 18.3 Å². The van der Waals surface area contributed by atoms with Crippen molar-refractivity contribution in [3.05, 3.63) is 0 Å². The standard InChI is InChI=1S/C4H14N3PS/c1-3-7(4-2)8(5,6)9/h3-4H2,1-2H3,(H4,5,6,9). The predicted octanol–water partition coefficient (Wildman–Crippen LogP) is 0.470. The van der Waals surface area contributed by atoms with Gasteiger partial charge in [-0.2, -0.15) is 0 Å². The van der Waals surface area contributed by atoms with Gasteiger partial charge in [0.25, 0.3) is 0 Å². The van der Waals surface area contributed by atoms with Gasteiger partial charge in [-0.25, -0.2) is 0 Å². The lowest BCUT2D eigenvalue weighted by Crippen LogP contribution is -2.28. The molecule has 0 aromatic carbocycles. The summed E-state index contributed by atoms with van der Waals surface area (Å²) in [5.74, 6) is 0. The van der Waals surface area contributed by atoms with Crippen LogP contribution < -0.4 is 11.0 Å². The van der Waals surface area contributed by atoms with Crippen molar-refractivity contribution in [2.75, 3.05) is 13.1 Å². The molecule has 5 heteroatoms. The summed E-state index contributed by atoms with van der Waals surface area (Å²) in [5, 5.41) is 0. The van der Waals surface area contributed by atoms with E-state index in [1.54, 1.807) is 0 Å². The smallest absolute Gasteiger partial charge is 0.135 e. The Morgan fingerprint density at radius 2 is 1.67 bits per heavy atom. The van der Waals surface area contributed by atoms with E-state index in [-0.39, 0.29) is 0 Å². The minimum Gasteiger partial charge on any atom is -0.279 e. The van der Waals surface area contributed by atoms with Crippen molar-refractivity contribution in [3.63, 3.8) is 0 Å². The molecule has 0 amide bonds. The molecule has 0 bridgehead atoms. The molecule has 0 radical (unpaired) electrons. The third kappa shape index (κ3) is 3.28. The quantitative estimate of drug-likeness (QED) is 0.600. The molecule has 0 aliphatic heterocycles. The van der Waals surface area contributed by atoms with Crippen LogP contribution in [0, 0.1) is 0 Å². The lowest BCUT2D eigenvalue weighted by molar-refractivity contribution is 0.505. The van der Waals surface area contributed by atoms with E-state index in [9.17, 15) is 0 Å². The van der Waals surface area contributed by atoms with Crippen molar-refractivity contribution in [2.45, 2.75) is 13.8 Å². The molecule has 0 atom stereocenters. The summed E-state index contributed by atoms with van der Waals surface area (Å²) in [5.41, 5.74) is 11.1. The molecule has 0 unspecified atom stereocenters. The van der Waals surface area contributed by atoms with Crippen molar-refractivity contribution in [3.8, 4) is 0 Å². The summed E-state index contributed by atoms with van der Waals surface area (Å²) in [6.45, 7) is 3.60. The van der Waals surface area contributed by atoms with E-state index < -0.39 is 6.49 Å². The van der Waals surface area contributed by atoms with E-state index in [0.717, 1.165) is 13.1 Å². The Kier molecular flexibility index (Phi) is 3.85.